The Labute approximate surface area is 107 Å². The number of rotatable bonds is 3. The molecule has 1 heterocycles. The van der Waals surface area contributed by atoms with Gasteiger partial charge in [0.05, 0.1) is 6.61 Å². The summed E-state index contributed by atoms with van der Waals surface area (Å²) in [6, 6.07) is 9.47. The van der Waals surface area contributed by atoms with Gasteiger partial charge >= 0.3 is 0 Å². The molecule has 0 amide bonds. The lowest BCUT2D eigenvalue weighted by atomic mass is 10.2. The number of aliphatic hydroxyl groups excluding tert-OH is 1. The largest absolute Gasteiger partial charge is 0.457 e. The fraction of sp³-hybridized carbons (Fsp3) is 0.0833. The van der Waals surface area contributed by atoms with Crippen LogP contribution in [0, 0.1) is 3.57 Å². The van der Waals surface area contributed by atoms with Gasteiger partial charge in [-0.25, -0.2) is 0 Å². The van der Waals surface area contributed by atoms with E-state index in [1.54, 1.807) is 18.5 Å². The van der Waals surface area contributed by atoms with Crippen LogP contribution in [0.3, 0.4) is 0 Å². The molecule has 0 spiro atoms. The summed E-state index contributed by atoms with van der Waals surface area (Å²) >= 11 is 2.22. The number of aliphatic hydroxyl groups is 1. The van der Waals surface area contributed by atoms with Crippen LogP contribution in [-0.4, -0.2) is 10.1 Å². The smallest absolute Gasteiger partial charge is 0.136 e. The highest BCUT2D eigenvalue weighted by molar-refractivity contribution is 14.1. The zero-order valence-corrected chi connectivity index (χ0v) is 10.6. The highest BCUT2D eigenvalue weighted by atomic mass is 127. The second-order valence-electron chi connectivity index (χ2n) is 3.20. The van der Waals surface area contributed by atoms with E-state index in [1.165, 1.54) is 0 Å². The van der Waals surface area contributed by atoms with E-state index in [9.17, 15) is 0 Å². The van der Waals surface area contributed by atoms with Gasteiger partial charge in [-0.1, -0.05) is 6.07 Å². The Kier molecular flexibility index (Phi) is 3.74. The minimum Gasteiger partial charge on any atom is -0.457 e. The Balaban J connectivity index is 2.26. The third-order valence-electron chi connectivity index (χ3n) is 2.05. The molecule has 3 nitrogen and oxygen atoms in total. The van der Waals surface area contributed by atoms with Gasteiger partial charge < -0.3 is 9.84 Å². The lowest BCUT2D eigenvalue weighted by molar-refractivity contribution is 0.276. The Bertz CT molecular complexity index is 488. The van der Waals surface area contributed by atoms with Gasteiger partial charge in [0.25, 0.3) is 0 Å². The predicted octanol–water partition coefficient (Wildman–Crippen LogP) is 2.97. The van der Waals surface area contributed by atoms with Gasteiger partial charge in [-0.15, -0.1) is 0 Å². The van der Waals surface area contributed by atoms with Crippen molar-refractivity contribution < 1.29 is 9.84 Å². The summed E-state index contributed by atoms with van der Waals surface area (Å²) < 4.78 is 6.78. The van der Waals surface area contributed by atoms with Gasteiger partial charge in [-0.2, -0.15) is 0 Å². The summed E-state index contributed by atoms with van der Waals surface area (Å²) in [7, 11) is 0. The molecule has 82 valence electrons. The monoisotopic (exact) mass is 327 g/mol. The average Bonchev–Trinajstić information content (AvgIpc) is 2.30. The van der Waals surface area contributed by atoms with Crippen molar-refractivity contribution in [3.63, 3.8) is 0 Å². The highest BCUT2D eigenvalue weighted by Crippen LogP contribution is 2.25. The van der Waals surface area contributed by atoms with Crippen molar-refractivity contribution in [2.24, 2.45) is 0 Å². The van der Waals surface area contributed by atoms with E-state index in [4.69, 9.17) is 9.84 Å². The lowest BCUT2D eigenvalue weighted by Gasteiger charge is -2.08. The summed E-state index contributed by atoms with van der Waals surface area (Å²) in [5.41, 5.74) is 0.682. The summed E-state index contributed by atoms with van der Waals surface area (Å²) in [6.07, 6.45) is 3.24. The molecule has 0 aliphatic rings. The van der Waals surface area contributed by atoms with E-state index in [1.807, 2.05) is 24.3 Å². The zero-order chi connectivity index (χ0) is 11.4. The number of nitrogens with zero attached hydrogens (tertiary/aromatic N) is 1. The Hall–Kier alpha value is -1.14. The van der Waals surface area contributed by atoms with Gasteiger partial charge in [0, 0.05) is 21.5 Å². The molecule has 0 aliphatic carbocycles. The second kappa shape index (κ2) is 5.27. The van der Waals surface area contributed by atoms with E-state index < -0.39 is 0 Å². The minimum absolute atomic E-state index is 0.0763. The number of pyridine rings is 1. The van der Waals surface area contributed by atoms with Crippen molar-refractivity contribution in [2.75, 3.05) is 0 Å². The summed E-state index contributed by atoms with van der Waals surface area (Å²) in [5, 5.41) is 9.13. The molecular weight excluding hydrogens is 317 g/mol. The number of ether oxygens (including phenoxy) is 1. The number of halogens is 1. The minimum atomic E-state index is -0.0763. The SMILES string of the molecule is OCc1cnccc1Oc1cccc(I)c1. The third kappa shape index (κ3) is 2.70. The first-order valence-electron chi connectivity index (χ1n) is 4.77. The van der Waals surface area contributed by atoms with Crippen molar-refractivity contribution in [1.82, 2.24) is 4.98 Å². The first-order chi connectivity index (χ1) is 7.79. The zero-order valence-electron chi connectivity index (χ0n) is 8.43. The van der Waals surface area contributed by atoms with Crippen LogP contribution in [-0.2, 0) is 6.61 Å². The first kappa shape index (κ1) is 11.3. The standard InChI is InChI=1S/C12H10INO2/c13-10-2-1-3-11(6-10)16-12-4-5-14-7-9(12)8-15/h1-7,15H,8H2. The molecule has 1 N–H and O–H groups in total. The molecule has 2 rings (SSSR count). The fourth-order valence-corrected chi connectivity index (χ4v) is 1.80. The van der Waals surface area contributed by atoms with Crippen molar-refractivity contribution in [3.8, 4) is 11.5 Å². The predicted molar refractivity (Wildman–Crippen MR) is 69.4 cm³/mol. The quantitative estimate of drug-likeness (QED) is 0.882. The van der Waals surface area contributed by atoms with Crippen LogP contribution in [0.25, 0.3) is 0 Å². The van der Waals surface area contributed by atoms with Gasteiger partial charge in [-0.3, -0.25) is 4.98 Å². The summed E-state index contributed by atoms with van der Waals surface area (Å²) in [6.45, 7) is -0.0763. The van der Waals surface area contributed by atoms with Gasteiger partial charge in [0.15, 0.2) is 0 Å². The van der Waals surface area contributed by atoms with Crippen LogP contribution in [0.2, 0.25) is 0 Å². The Morgan fingerprint density at radius 2 is 2.19 bits per heavy atom. The molecule has 4 heteroatoms. The molecule has 0 atom stereocenters. The van der Waals surface area contributed by atoms with E-state index in [0.717, 1.165) is 9.32 Å². The van der Waals surface area contributed by atoms with E-state index in [-0.39, 0.29) is 6.61 Å². The number of hydrogen-bond acceptors (Lipinski definition) is 3. The normalized spacial score (nSPS) is 10.1. The first-order valence-corrected chi connectivity index (χ1v) is 5.84. The van der Waals surface area contributed by atoms with E-state index in [2.05, 4.69) is 27.6 Å². The van der Waals surface area contributed by atoms with Crippen LogP contribution < -0.4 is 4.74 Å². The second-order valence-corrected chi connectivity index (χ2v) is 4.45. The molecule has 16 heavy (non-hydrogen) atoms. The molecule has 0 unspecified atom stereocenters. The van der Waals surface area contributed by atoms with Gasteiger partial charge in [0.1, 0.15) is 11.5 Å². The van der Waals surface area contributed by atoms with Gasteiger partial charge in [0.2, 0.25) is 0 Å². The third-order valence-corrected chi connectivity index (χ3v) is 2.72. The molecule has 0 bridgehead atoms. The summed E-state index contributed by atoms with van der Waals surface area (Å²) in [5.74, 6) is 1.40. The van der Waals surface area contributed by atoms with Crippen LogP contribution in [0.5, 0.6) is 11.5 Å². The topological polar surface area (TPSA) is 42.4 Å². The van der Waals surface area contributed by atoms with E-state index in [0.29, 0.717) is 11.3 Å². The molecule has 1 aromatic heterocycles. The van der Waals surface area contributed by atoms with Crippen LogP contribution in [0.15, 0.2) is 42.7 Å². The maximum Gasteiger partial charge on any atom is 0.136 e. The van der Waals surface area contributed by atoms with Gasteiger partial charge in [-0.05, 0) is 46.9 Å². The Morgan fingerprint density at radius 3 is 2.94 bits per heavy atom. The van der Waals surface area contributed by atoms with Crippen LogP contribution in [0.4, 0.5) is 0 Å². The van der Waals surface area contributed by atoms with Crippen molar-refractivity contribution in [1.29, 1.82) is 0 Å². The summed E-state index contributed by atoms with van der Waals surface area (Å²) in [4.78, 5) is 3.93. The maximum atomic E-state index is 9.13. The number of benzene rings is 1. The van der Waals surface area contributed by atoms with Crippen molar-refractivity contribution >= 4 is 22.6 Å². The maximum absolute atomic E-state index is 9.13. The fourth-order valence-electron chi connectivity index (χ4n) is 1.29. The molecule has 0 aliphatic heterocycles. The van der Waals surface area contributed by atoms with Crippen LogP contribution in [0.1, 0.15) is 5.56 Å². The molecule has 0 saturated heterocycles. The van der Waals surface area contributed by atoms with E-state index >= 15 is 0 Å². The number of aromatic nitrogens is 1. The number of hydrogen-bond donors (Lipinski definition) is 1. The van der Waals surface area contributed by atoms with Crippen LogP contribution >= 0.6 is 22.6 Å². The average molecular weight is 327 g/mol. The molecular formula is C12H10INO2. The van der Waals surface area contributed by atoms with Crippen molar-refractivity contribution in [3.05, 3.63) is 51.9 Å². The molecule has 0 saturated carbocycles. The molecule has 0 radical (unpaired) electrons. The lowest BCUT2D eigenvalue weighted by Crippen LogP contribution is -1.92. The molecule has 1 aromatic carbocycles. The Morgan fingerprint density at radius 1 is 1.31 bits per heavy atom. The molecule has 2 aromatic rings. The molecule has 0 fully saturated rings. The van der Waals surface area contributed by atoms with Crippen molar-refractivity contribution in [2.45, 2.75) is 6.61 Å². The highest BCUT2D eigenvalue weighted by Gasteiger charge is 2.03.